The molecule has 1 aromatic rings. The molecule has 1 aliphatic carbocycles. The average Bonchev–Trinajstić information content (AvgIpc) is 3.55. The zero-order chi connectivity index (χ0) is 26.5. The first-order valence-electron chi connectivity index (χ1n) is 11.7. The van der Waals surface area contributed by atoms with Crippen molar-refractivity contribution in [1.82, 2.24) is 25.3 Å². The van der Waals surface area contributed by atoms with Gasteiger partial charge in [0.15, 0.2) is 5.76 Å². The Bertz CT molecular complexity index is 1100. The first-order chi connectivity index (χ1) is 17.8. The van der Waals surface area contributed by atoms with Gasteiger partial charge in [-0.2, -0.15) is 0 Å². The Balaban J connectivity index is 1.28. The van der Waals surface area contributed by atoms with E-state index in [2.05, 4.69) is 15.4 Å². The predicted molar refractivity (Wildman–Crippen MR) is 122 cm³/mol. The summed E-state index contributed by atoms with van der Waals surface area (Å²) in [6, 6.07) is 2.16. The van der Waals surface area contributed by atoms with Crippen molar-refractivity contribution < 1.29 is 41.8 Å². The molecule has 4 amide bonds. The highest BCUT2D eigenvalue weighted by Gasteiger charge is 2.39. The second-order valence-electron chi connectivity index (χ2n) is 8.60. The number of allylic oxidation sites excluding steroid dienone is 1. The quantitative estimate of drug-likeness (QED) is 0.544. The van der Waals surface area contributed by atoms with E-state index in [-0.39, 0.29) is 69.6 Å². The van der Waals surface area contributed by atoms with Crippen LogP contribution in [0.1, 0.15) is 17.0 Å². The van der Waals surface area contributed by atoms with Crippen molar-refractivity contribution in [2.24, 2.45) is 0 Å². The Morgan fingerprint density at radius 2 is 1.92 bits per heavy atom. The summed E-state index contributed by atoms with van der Waals surface area (Å²) < 4.78 is 44.7. The minimum atomic E-state index is -0.875. The van der Waals surface area contributed by atoms with Crippen molar-refractivity contribution in [2.45, 2.75) is 18.6 Å². The number of cyclic esters (lactones) is 1. The van der Waals surface area contributed by atoms with Gasteiger partial charge in [0.1, 0.15) is 23.5 Å². The van der Waals surface area contributed by atoms with Gasteiger partial charge in [-0.05, 0) is 18.2 Å². The van der Waals surface area contributed by atoms with Crippen molar-refractivity contribution in [3.63, 3.8) is 0 Å². The molecule has 3 aliphatic rings. The Labute approximate surface area is 210 Å². The summed E-state index contributed by atoms with van der Waals surface area (Å²) in [4.78, 5) is 52.1. The summed E-state index contributed by atoms with van der Waals surface area (Å²) in [7, 11) is 1.20. The van der Waals surface area contributed by atoms with E-state index in [1.54, 1.807) is 6.07 Å². The van der Waals surface area contributed by atoms with Crippen LogP contribution in [0.5, 0.6) is 0 Å². The highest BCUT2D eigenvalue weighted by Crippen LogP contribution is 2.34. The molecule has 14 heteroatoms. The van der Waals surface area contributed by atoms with Crippen LogP contribution in [-0.2, 0) is 14.3 Å². The highest BCUT2D eigenvalue weighted by atomic mass is 19.1. The van der Waals surface area contributed by atoms with Crippen molar-refractivity contribution in [1.29, 1.82) is 0 Å². The van der Waals surface area contributed by atoms with Crippen LogP contribution in [-0.4, -0.2) is 104 Å². The number of furan rings is 1. The van der Waals surface area contributed by atoms with Gasteiger partial charge in [0.2, 0.25) is 5.91 Å². The normalized spacial score (nSPS) is 22.0. The van der Waals surface area contributed by atoms with E-state index in [0.717, 1.165) is 0 Å². The number of rotatable bonds is 7. The molecule has 0 radical (unpaired) electrons. The largest absolute Gasteiger partial charge is 0.459 e. The van der Waals surface area contributed by atoms with E-state index in [1.807, 2.05) is 0 Å². The first kappa shape index (κ1) is 26.0. The van der Waals surface area contributed by atoms with Gasteiger partial charge >= 0.3 is 12.2 Å². The summed E-state index contributed by atoms with van der Waals surface area (Å²) in [6.07, 6.45) is 0.213. The van der Waals surface area contributed by atoms with Crippen LogP contribution in [0.15, 0.2) is 46.2 Å². The van der Waals surface area contributed by atoms with Crippen LogP contribution >= 0.6 is 0 Å². The molecule has 0 aromatic carbocycles. The monoisotopic (exact) mass is 523 g/mol. The molecule has 2 atom stereocenters. The average molecular weight is 523 g/mol. The molecule has 12 nitrogen and oxygen atoms in total. The minimum Gasteiger partial charge on any atom is -0.459 e. The summed E-state index contributed by atoms with van der Waals surface area (Å²) in [6.45, 7) is 0.657. The Morgan fingerprint density at radius 3 is 2.57 bits per heavy atom. The van der Waals surface area contributed by atoms with Gasteiger partial charge in [0, 0.05) is 32.6 Å². The second kappa shape index (κ2) is 11.3. The van der Waals surface area contributed by atoms with Crippen molar-refractivity contribution in [3.05, 3.63) is 47.6 Å². The molecular weight excluding hydrogens is 496 g/mol. The SMILES string of the molecule is COC(=O)NCC1CN(C2C=C(F)C(N3CCN(C(=O)CNC(=O)c4ccco4)CC3)=C(F)C2)C(=O)O1. The van der Waals surface area contributed by atoms with Gasteiger partial charge in [-0.1, -0.05) is 0 Å². The molecule has 0 spiro atoms. The number of carbonyl (C=O) groups excluding carboxylic acids is 4. The molecule has 2 aliphatic heterocycles. The first-order valence-corrected chi connectivity index (χ1v) is 11.7. The molecule has 37 heavy (non-hydrogen) atoms. The number of alkyl carbamates (subject to hydrolysis) is 1. The zero-order valence-electron chi connectivity index (χ0n) is 20.1. The third-order valence-electron chi connectivity index (χ3n) is 6.27. The zero-order valence-corrected chi connectivity index (χ0v) is 20.1. The summed E-state index contributed by atoms with van der Waals surface area (Å²) >= 11 is 0. The standard InChI is InChI=1S/C23H27F2N5O7/c1-35-22(33)27-11-15-13-30(23(34)37-15)14-9-16(24)20(17(25)10-14)29-6-4-28(5-7-29)19(31)12-26-21(32)18-3-2-8-36-18/h2-3,8-9,14-15H,4-7,10-13H2,1H3,(H,26,32)(H,27,33). The summed E-state index contributed by atoms with van der Waals surface area (Å²) in [5.74, 6) is -2.25. The molecule has 200 valence electrons. The van der Waals surface area contributed by atoms with Gasteiger partial charge in [-0.15, -0.1) is 0 Å². The van der Waals surface area contributed by atoms with Crippen LogP contribution in [0.2, 0.25) is 0 Å². The molecule has 4 rings (SSSR count). The maximum absolute atomic E-state index is 15.1. The lowest BCUT2D eigenvalue weighted by atomic mass is 10.0. The van der Waals surface area contributed by atoms with E-state index in [9.17, 15) is 19.2 Å². The van der Waals surface area contributed by atoms with Gasteiger partial charge in [-0.25, -0.2) is 18.4 Å². The molecule has 3 heterocycles. The maximum Gasteiger partial charge on any atom is 0.410 e. The second-order valence-corrected chi connectivity index (χ2v) is 8.60. The molecule has 2 fully saturated rings. The number of halogens is 2. The maximum atomic E-state index is 15.1. The Kier molecular flexibility index (Phi) is 7.94. The Hall–Kier alpha value is -4.10. The number of nitrogens with zero attached hydrogens (tertiary/aromatic N) is 3. The van der Waals surface area contributed by atoms with Crippen LogP contribution in [0.3, 0.4) is 0 Å². The van der Waals surface area contributed by atoms with Gasteiger partial charge in [-0.3, -0.25) is 14.5 Å². The predicted octanol–water partition coefficient (Wildman–Crippen LogP) is 1.14. The molecule has 1 aromatic heterocycles. The van der Waals surface area contributed by atoms with Gasteiger partial charge in [0.25, 0.3) is 5.91 Å². The molecule has 2 N–H and O–H groups in total. The third kappa shape index (κ3) is 6.01. The van der Waals surface area contributed by atoms with E-state index < -0.39 is 41.9 Å². The molecule has 2 unspecified atom stereocenters. The van der Waals surface area contributed by atoms with Crippen molar-refractivity contribution in [2.75, 3.05) is 52.9 Å². The van der Waals surface area contributed by atoms with E-state index in [1.165, 1.54) is 40.2 Å². The number of carbonyl (C=O) groups is 4. The topological polar surface area (TPSA) is 134 Å². The van der Waals surface area contributed by atoms with Crippen LogP contribution < -0.4 is 10.6 Å². The highest BCUT2D eigenvalue weighted by molar-refractivity contribution is 5.94. The van der Waals surface area contributed by atoms with E-state index >= 15 is 8.78 Å². The fraction of sp³-hybridized carbons (Fsp3) is 0.478. The molecule has 0 bridgehead atoms. The fourth-order valence-electron chi connectivity index (χ4n) is 4.37. The lowest BCUT2D eigenvalue weighted by Crippen LogP contribution is -2.51. The van der Waals surface area contributed by atoms with Gasteiger partial charge in [0.05, 0.1) is 39.0 Å². The number of amides is 4. The molecule has 0 saturated carbocycles. The fourth-order valence-corrected chi connectivity index (χ4v) is 4.37. The minimum absolute atomic E-state index is 0.00687. The van der Waals surface area contributed by atoms with Crippen molar-refractivity contribution >= 4 is 24.0 Å². The third-order valence-corrected chi connectivity index (χ3v) is 6.27. The summed E-state index contributed by atoms with van der Waals surface area (Å²) in [5, 5.41) is 4.90. The number of hydrogen-bond acceptors (Lipinski definition) is 8. The Morgan fingerprint density at radius 1 is 1.16 bits per heavy atom. The molecule has 2 saturated heterocycles. The van der Waals surface area contributed by atoms with Crippen LogP contribution in [0.4, 0.5) is 18.4 Å². The lowest BCUT2D eigenvalue weighted by molar-refractivity contribution is -0.131. The van der Waals surface area contributed by atoms with E-state index in [4.69, 9.17) is 9.15 Å². The number of hydrogen-bond donors (Lipinski definition) is 2. The van der Waals surface area contributed by atoms with Gasteiger partial charge < -0.3 is 34.3 Å². The van der Waals surface area contributed by atoms with Crippen LogP contribution in [0, 0.1) is 0 Å². The van der Waals surface area contributed by atoms with Crippen molar-refractivity contribution in [3.8, 4) is 0 Å². The number of nitrogens with one attached hydrogen (secondary N) is 2. The van der Waals surface area contributed by atoms with Crippen LogP contribution in [0.25, 0.3) is 0 Å². The number of piperazine rings is 1. The molecular formula is C23H27F2N5O7. The number of ether oxygens (including phenoxy) is 2. The smallest absolute Gasteiger partial charge is 0.410 e. The number of methoxy groups -OCH3 is 1. The lowest BCUT2D eigenvalue weighted by Gasteiger charge is -2.38. The summed E-state index contributed by atoms with van der Waals surface area (Å²) in [5.41, 5.74) is -0.189. The van der Waals surface area contributed by atoms with E-state index in [0.29, 0.717) is 0 Å².